The van der Waals surface area contributed by atoms with E-state index in [1.165, 1.54) is 19.1 Å². The molecule has 2 aromatic carbocycles. The van der Waals surface area contributed by atoms with Gasteiger partial charge in [0.1, 0.15) is 30.3 Å². The Bertz CT molecular complexity index is 1020. The van der Waals surface area contributed by atoms with E-state index in [2.05, 4.69) is 29.2 Å². The fraction of sp³-hybridized carbons (Fsp3) is 0.150. The molecule has 0 aliphatic rings. The Balaban J connectivity index is 2.09. The SMILES string of the molecule is C=Cc1ccc(OC(C)=O)c(C(=O)OCCOc2c(I)cc(I)c(C(=O)O)c2I)c1. The highest BCUT2D eigenvalue weighted by atomic mass is 127. The number of hydrogen-bond donors (Lipinski definition) is 1. The van der Waals surface area contributed by atoms with E-state index in [1.807, 2.05) is 45.2 Å². The lowest BCUT2D eigenvalue weighted by atomic mass is 10.1. The molecular weight excluding hydrogens is 733 g/mol. The van der Waals surface area contributed by atoms with Crippen LogP contribution in [0.5, 0.6) is 11.5 Å². The maximum Gasteiger partial charge on any atom is 0.342 e. The third-order valence-electron chi connectivity index (χ3n) is 3.62. The standard InChI is InChI=1S/C20H15I3O7/c1-3-11-4-5-15(30-10(2)24)12(8-11)20(27)29-7-6-28-18-14(22)9-13(21)16(17(18)23)19(25)26/h3-5,8-9H,1,6-7H2,2H3,(H,25,26). The number of halogens is 3. The highest BCUT2D eigenvalue weighted by Gasteiger charge is 2.21. The lowest BCUT2D eigenvalue weighted by Crippen LogP contribution is -2.16. The summed E-state index contributed by atoms with van der Waals surface area (Å²) in [5.41, 5.74) is 0.920. The van der Waals surface area contributed by atoms with Crippen molar-refractivity contribution in [3.05, 3.63) is 58.2 Å². The molecule has 10 heteroatoms. The Kier molecular flexibility index (Phi) is 9.33. The number of hydrogen-bond acceptors (Lipinski definition) is 6. The smallest absolute Gasteiger partial charge is 0.342 e. The second kappa shape index (κ2) is 11.3. The van der Waals surface area contributed by atoms with E-state index >= 15 is 0 Å². The molecule has 0 spiro atoms. The Morgan fingerprint density at radius 1 is 1.10 bits per heavy atom. The van der Waals surface area contributed by atoms with Gasteiger partial charge in [-0.15, -0.1) is 0 Å². The van der Waals surface area contributed by atoms with Gasteiger partial charge in [-0.2, -0.15) is 0 Å². The van der Waals surface area contributed by atoms with Crippen molar-refractivity contribution in [1.82, 2.24) is 0 Å². The molecule has 158 valence electrons. The second-order valence-corrected chi connectivity index (χ2v) is 9.10. The molecule has 0 saturated heterocycles. The molecule has 7 nitrogen and oxygen atoms in total. The largest absolute Gasteiger partial charge is 0.488 e. The van der Waals surface area contributed by atoms with Crippen LogP contribution in [-0.2, 0) is 9.53 Å². The predicted molar refractivity (Wildman–Crippen MR) is 135 cm³/mol. The van der Waals surface area contributed by atoms with Crippen molar-refractivity contribution in [3.63, 3.8) is 0 Å². The Hall–Kier alpha value is -1.42. The van der Waals surface area contributed by atoms with Crippen LogP contribution in [0.4, 0.5) is 0 Å². The zero-order valence-electron chi connectivity index (χ0n) is 15.5. The number of carbonyl (C=O) groups excluding carboxylic acids is 2. The van der Waals surface area contributed by atoms with Crippen LogP contribution in [0.3, 0.4) is 0 Å². The summed E-state index contributed by atoms with van der Waals surface area (Å²) in [7, 11) is 0. The van der Waals surface area contributed by atoms with Gasteiger partial charge in [0.2, 0.25) is 0 Å². The monoisotopic (exact) mass is 748 g/mol. The van der Waals surface area contributed by atoms with Gasteiger partial charge in [-0.05, 0) is 91.5 Å². The van der Waals surface area contributed by atoms with E-state index in [0.717, 1.165) is 3.57 Å². The third-order valence-corrected chi connectivity index (χ3v) is 6.30. The van der Waals surface area contributed by atoms with Crippen molar-refractivity contribution in [2.24, 2.45) is 0 Å². The summed E-state index contributed by atoms with van der Waals surface area (Å²) < 4.78 is 17.8. The van der Waals surface area contributed by atoms with Crippen molar-refractivity contribution in [2.75, 3.05) is 13.2 Å². The lowest BCUT2D eigenvalue weighted by molar-refractivity contribution is -0.131. The molecule has 2 rings (SSSR count). The first kappa shape index (κ1) is 24.8. The van der Waals surface area contributed by atoms with Gasteiger partial charge in [-0.25, -0.2) is 9.59 Å². The zero-order valence-corrected chi connectivity index (χ0v) is 22.0. The molecule has 0 aliphatic carbocycles. The average molecular weight is 748 g/mol. The maximum absolute atomic E-state index is 12.5. The van der Waals surface area contributed by atoms with Gasteiger partial charge in [-0.1, -0.05) is 18.7 Å². The summed E-state index contributed by atoms with van der Waals surface area (Å²) in [5.74, 6) is -1.78. The zero-order chi connectivity index (χ0) is 22.4. The van der Waals surface area contributed by atoms with E-state index in [-0.39, 0.29) is 30.1 Å². The van der Waals surface area contributed by atoms with Gasteiger partial charge < -0.3 is 19.3 Å². The second-order valence-electron chi connectivity index (χ2n) is 5.70. The number of benzene rings is 2. The highest BCUT2D eigenvalue weighted by molar-refractivity contribution is 14.1. The molecule has 0 bridgehead atoms. The van der Waals surface area contributed by atoms with Crippen LogP contribution in [0.1, 0.15) is 33.2 Å². The molecule has 0 fully saturated rings. The first-order valence-electron chi connectivity index (χ1n) is 8.31. The van der Waals surface area contributed by atoms with Gasteiger partial charge in [0.25, 0.3) is 0 Å². The van der Waals surface area contributed by atoms with E-state index in [0.29, 0.717) is 18.5 Å². The van der Waals surface area contributed by atoms with E-state index < -0.39 is 17.9 Å². The summed E-state index contributed by atoms with van der Waals surface area (Å²) in [5, 5.41) is 9.38. The van der Waals surface area contributed by atoms with Gasteiger partial charge >= 0.3 is 17.9 Å². The first-order chi connectivity index (χ1) is 14.1. The van der Waals surface area contributed by atoms with Crippen molar-refractivity contribution in [1.29, 1.82) is 0 Å². The normalized spacial score (nSPS) is 10.3. The molecule has 0 unspecified atom stereocenters. The fourth-order valence-corrected chi connectivity index (χ4v) is 6.48. The average Bonchev–Trinajstić information content (AvgIpc) is 2.66. The maximum atomic E-state index is 12.5. The Morgan fingerprint density at radius 2 is 1.80 bits per heavy atom. The summed E-state index contributed by atoms with van der Waals surface area (Å²) in [6, 6.07) is 6.37. The predicted octanol–water partition coefficient (Wildman–Crippen LogP) is 5.00. The van der Waals surface area contributed by atoms with Crippen LogP contribution in [0.25, 0.3) is 6.08 Å². The fourth-order valence-electron chi connectivity index (χ4n) is 2.33. The number of carboxylic acid groups (broad SMARTS) is 1. The number of carboxylic acids is 1. The quantitative estimate of drug-likeness (QED) is 0.176. The van der Waals surface area contributed by atoms with Gasteiger partial charge in [0.15, 0.2) is 0 Å². The molecule has 2 aromatic rings. The van der Waals surface area contributed by atoms with Gasteiger partial charge in [0, 0.05) is 10.5 Å². The lowest BCUT2D eigenvalue weighted by Gasteiger charge is -2.14. The minimum absolute atomic E-state index is 0.0153. The first-order valence-corrected chi connectivity index (χ1v) is 11.5. The number of esters is 2. The van der Waals surface area contributed by atoms with Crippen LogP contribution >= 0.6 is 67.8 Å². The third kappa shape index (κ3) is 6.29. The minimum Gasteiger partial charge on any atom is -0.488 e. The number of ether oxygens (including phenoxy) is 3. The van der Waals surface area contributed by atoms with Gasteiger partial charge in [0.05, 0.1) is 12.7 Å². The van der Waals surface area contributed by atoms with E-state index in [4.69, 9.17) is 14.2 Å². The van der Waals surface area contributed by atoms with Crippen LogP contribution in [0.15, 0.2) is 30.8 Å². The van der Waals surface area contributed by atoms with Crippen molar-refractivity contribution < 1.29 is 33.7 Å². The minimum atomic E-state index is -1.04. The topological polar surface area (TPSA) is 99.1 Å². The Morgan fingerprint density at radius 3 is 2.40 bits per heavy atom. The van der Waals surface area contributed by atoms with Crippen LogP contribution < -0.4 is 9.47 Å². The molecule has 1 N–H and O–H groups in total. The number of aromatic carboxylic acids is 1. The van der Waals surface area contributed by atoms with E-state index in [1.54, 1.807) is 18.2 Å². The van der Waals surface area contributed by atoms with E-state index in [9.17, 15) is 19.5 Å². The highest BCUT2D eigenvalue weighted by Crippen LogP contribution is 2.33. The molecule has 0 amide bonds. The summed E-state index contributed by atoms with van der Waals surface area (Å²) in [6.07, 6.45) is 1.55. The van der Waals surface area contributed by atoms with Crippen LogP contribution in [-0.4, -0.2) is 36.2 Å². The number of rotatable bonds is 8. The molecule has 0 saturated carbocycles. The van der Waals surface area contributed by atoms with Crippen LogP contribution in [0, 0.1) is 10.7 Å². The van der Waals surface area contributed by atoms with Crippen LogP contribution in [0.2, 0.25) is 0 Å². The molecule has 30 heavy (non-hydrogen) atoms. The molecule has 0 heterocycles. The number of carbonyl (C=O) groups is 3. The Labute approximate surface area is 213 Å². The van der Waals surface area contributed by atoms with Crippen molar-refractivity contribution in [3.8, 4) is 11.5 Å². The molecular formula is C20H15I3O7. The van der Waals surface area contributed by atoms with Crippen molar-refractivity contribution in [2.45, 2.75) is 6.92 Å². The molecule has 0 aliphatic heterocycles. The van der Waals surface area contributed by atoms with Crippen molar-refractivity contribution >= 4 is 91.8 Å². The molecule has 0 radical (unpaired) electrons. The summed E-state index contributed by atoms with van der Waals surface area (Å²) >= 11 is 5.94. The van der Waals surface area contributed by atoms with Gasteiger partial charge in [-0.3, -0.25) is 4.79 Å². The summed E-state index contributed by atoms with van der Waals surface area (Å²) in [6.45, 7) is 4.81. The summed E-state index contributed by atoms with van der Waals surface area (Å²) in [4.78, 5) is 35.2. The molecule has 0 aromatic heterocycles. The molecule has 0 atom stereocenters.